The number of ether oxygens (including phenoxy) is 1. The van der Waals surface area contributed by atoms with Crippen molar-refractivity contribution in [3.05, 3.63) is 0 Å². The minimum Gasteiger partial charge on any atom is -0.382 e. The fourth-order valence-electron chi connectivity index (χ4n) is 0.915. The Labute approximate surface area is 85.5 Å². The summed E-state index contributed by atoms with van der Waals surface area (Å²) in [6.45, 7) is 1.31. The molecular formula is C8H20NO4P. The first-order valence-electron chi connectivity index (χ1n) is 4.58. The number of rotatable bonds is 8. The highest BCUT2D eigenvalue weighted by Gasteiger charge is 2.18. The molecule has 5 nitrogen and oxygen atoms in total. The standard InChI is InChI=1S/C8H20NO4P/c1-9(2)5-4-8-14(10,11)13-7-6-12-3/h4-8H2,1-3H3,(H,10,11). The van der Waals surface area contributed by atoms with Crippen LogP contribution in [0.15, 0.2) is 0 Å². The van der Waals surface area contributed by atoms with Crippen molar-refractivity contribution in [1.82, 2.24) is 4.90 Å². The van der Waals surface area contributed by atoms with Crippen LogP contribution < -0.4 is 0 Å². The first-order valence-corrected chi connectivity index (χ1v) is 6.34. The van der Waals surface area contributed by atoms with Gasteiger partial charge in [-0.1, -0.05) is 0 Å². The number of hydrogen-bond acceptors (Lipinski definition) is 4. The van der Waals surface area contributed by atoms with Crippen molar-refractivity contribution in [1.29, 1.82) is 0 Å². The first kappa shape index (κ1) is 14.1. The summed E-state index contributed by atoms with van der Waals surface area (Å²) in [6, 6.07) is 0. The highest BCUT2D eigenvalue weighted by Crippen LogP contribution is 2.42. The van der Waals surface area contributed by atoms with Crippen LogP contribution in [-0.4, -0.2) is 56.9 Å². The minimum absolute atomic E-state index is 0.173. The predicted molar refractivity (Wildman–Crippen MR) is 55.7 cm³/mol. The van der Waals surface area contributed by atoms with Crippen molar-refractivity contribution < 1.29 is 18.7 Å². The second-order valence-corrected chi connectivity index (χ2v) is 5.32. The van der Waals surface area contributed by atoms with Crippen molar-refractivity contribution in [2.45, 2.75) is 6.42 Å². The third-order valence-corrected chi connectivity index (χ3v) is 3.09. The molecule has 0 aliphatic heterocycles. The molecular weight excluding hydrogens is 205 g/mol. The highest BCUT2D eigenvalue weighted by molar-refractivity contribution is 7.52. The largest absolute Gasteiger partial charge is 0.382 e. The van der Waals surface area contributed by atoms with Crippen LogP contribution in [0.2, 0.25) is 0 Å². The van der Waals surface area contributed by atoms with Crippen molar-refractivity contribution in [3.8, 4) is 0 Å². The van der Waals surface area contributed by atoms with Gasteiger partial charge in [-0.25, -0.2) is 0 Å². The molecule has 86 valence electrons. The number of methoxy groups -OCH3 is 1. The maximum Gasteiger partial charge on any atom is 0.328 e. The molecule has 0 aromatic rings. The molecule has 0 saturated carbocycles. The zero-order valence-electron chi connectivity index (χ0n) is 9.10. The molecule has 0 fully saturated rings. The molecule has 0 aromatic heterocycles. The van der Waals surface area contributed by atoms with E-state index in [1.165, 1.54) is 7.11 Å². The fraction of sp³-hybridized carbons (Fsp3) is 1.00. The van der Waals surface area contributed by atoms with Crippen LogP contribution in [0.5, 0.6) is 0 Å². The van der Waals surface area contributed by atoms with E-state index in [4.69, 9.17) is 9.26 Å². The molecule has 0 aliphatic rings. The van der Waals surface area contributed by atoms with Gasteiger partial charge in [0.15, 0.2) is 0 Å². The molecule has 0 saturated heterocycles. The van der Waals surface area contributed by atoms with E-state index in [1.807, 2.05) is 19.0 Å². The van der Waals surface area contributed by atoms with Gasteiger partial charge in [-0.05, 0) is 27.1 Å². The molecule has 1 N–H and O–H groups in total. The summed E-state index contributed by atoms with van der Waals surface area (Å²) < 4.78 is 20.9. The van der Waals surface area contributed by atoms with Crippen LogP contribution in [0.3, 0.4) is 0 Å². The van der Waals surface area contributed by atoms with Crippen molar-refractivity contribution in [2.75, 3.05) is 47.1 Å². The molecule has 0 aromatic carbocycles. The molecule has 0 radical (unpaired) electrons. The molecule has 14 heavy (non-hydrogen) atoms. The second-order valence-electron chi connectivity index (χ2n) is 3.34. The molecule has 0 rings (SSSR count). The average molecular weight is 225 g/mol. The Morgan fingerprint density at radius 1 is 1.36 bits per heavy atom. The summed E-state index contributed by atoms with van der Waals surface area (Å²) in [5, 5.41) is 0. The van der Waals surface area contributed by atoms with Crippen molar-refractivity contribution in [3.63, 3.8) is 0 Å². The Hall–Kier alpha value is 0.0700. The van der Waals surface area contributed by atoms with Gasteiger partial charge in [0.05, 0.1) is 19.4 Å². The van der Waals surface area contributed by atoms with E-state index in [2.05, 4.69) is 0 Å². The van der Waals surface area contributed by atoms with E-state index >= 15 is 0 Å². The van der Waals surface area contributed by atoms with Gasteiger partial charge in [0.1, 0.15) is 0 Å². The predicted octanol–water partition coefficient (Wildman–Crippen LogP) is 0.786. The quantitative estimate of drug-likeness (QED) is 0.489. The van der Waals surface area contributed by atoms with Gasteiger partial charge in [0, 0.05) is 7.11 Å². The maximum absolute atomic E-state index is 11.3. The van der Waals surface area contributed by atoms with Gasteiger partial charge >= 0.3 is 7.60 Å². The second kappa shape index (κ2) is 7.37. The molecule has 0 bridgehead atoms. The summed E-state index contributed by atoms with van der Waals surface area (Å²) in [7, 11) is 1.99. The van der Waals surface area contributed by atoms with E-state index in [1.54, 1.807) is 0 Å². The summed E-state index contributed by atoms with van der Waals surface area (Å²) >= 11 is 0. The van der Waals surface area contributed by atoms with E-state index in [-0.39, 0.29) is 12.8 Å². The Morgan fingerprint density at radius 2 is 2.00 bits per heavy atom. The monoisotopic (exact) mass is 225 g/mol. The molecule has 0 spiro atoms. The Balaban J connectivity index is 3.56. The molecule has 1 unspecified atom stereocenters. The highest BCUT2D eigenvalue weighted by atomic mass is 31.2. The number of nitrogens with zero attached hydrogens (tertiary/aromatic N) is 1. The van der Waals surface area contributed by atoms with Crippen LogP contribution in [0.25, 0.3) is 0 Å². The normalized spacial score (nSPS) is 15.8. The van der Waals surface area contributed by atoms with Gasteiger partial charge in [-0.3, -0.25) is 4.57 Å². The van der Waals surface area contributed by atoms with Crippen LogP contribution in [0.4, 0.5) is 0 Å². The van der Waals surface area contributed by atoms with Crippen LogP contribution >= 0.6 is 7.60 Å². The lowest BCUT2D eigenvalue weighted by Gasteiger charge is -2.13. The Kier molecular flexibility index (Phi) is 7.41. The van der Waals surface area contributed by atoms with E-state index < -0.39 is 7.60 Å². The van der Waals surface area contributed by atoms with Crippen molar-refractivity contribution >= 4 is 7.60 Å². The van der Waals surface area contributed by atoms with Gasteiger partial charge in [-0.2, -0.15) is 0 Å². The third kappa shape index (κ3) is 8.66. The summed E-state index contributed by atoms with van der Waals surface area (Å²) in [5.41, 5.74) is 0. The van der Waals surface area contributed by atoms with E-state index in [0.717, 1.165) is 6.54 Å². The van der Waals surface area contributed by atoms with Crippen LogP contribution in [0, 0.1) is 0 Å². The Morgan fingerprint density at radius 3 is 2.50 bits per heavy atom. The summed E-state index contributed by atoms with van der Waals surface area (Å²) in [4.78, 5) is 11.3. The van der Waals surface area contributed by atoms with Gasteiger partial charge in [0.2, 0.25) is 0 Å². The first-order chi connectivity index (χ1) is 6.48. The summed E-state index contributed by atoms with van der Waals surface area (Å²) in [5.74, 6) is 0. The smallest absolute Gasteiger partial charge is 0.328 e. The van der Waals surface area contributed by atoms with E-state index in [9.17, 15) is 9.46 Å². The lowest BCUT2D eigenvalue weighted by molar-refractivity contribution is 0.137. The third-order valence-electron chi connectivity index (χ3n) is 1.63. The topological polar surface area (TPSA) is 59.0 Å². The lowest BCUT2D eigenvalue weighted by Crippen LogP contribution is -2.14. The Bertz CT molecular complexity index is 186. The molecule has 0 heterocycles. The van der Waals surface area contributed by atoms with Crippen LogP contribution in [-0.2, 0) is 13.8 Å². The molecule has 6 heteroatoms. The lowest BCUT2D eigenvalue weighted by atomic mass is 10.5. The maximum atomic E-state index is 11.3. The molecule has 0 amide bonds. The van der Waals surface area contributed by atoms with Crippen LogP contribution in [0.1, 0.15) is 6.42 Å². The molecule has 0 aliphatic carbocycles. The summed E-state index contributed by atoms with van der Waals surface area (Å²) in [6.07, 6.45) is 0.864. The van der Waals surface area contributed by atoms with Gasteiger partial charge in [-0.15, -0.1) is 0 Å². The van der Waals surface area contributed by atoms with Gasteiger partial charge in [0.25, 0.3) is 0 Å². The van der Waals surface area contributed by atoms with E-state index in [0.29, 0.717) is 13.0 Å². The van der Waals surface area contributed by atoms with Crippen molar-refractivity contribution in [2.24, 2.45) is 0 Å². The molecule has 1 atom stereocenters. The SMILES string of the molecule is COCCOP(=O)(O)CCCN(C)C. The fourth-order valence-corrected chi connectivity index (χ4v) is 1.94. The van der Waals surface area contributed by atoms with Gasteiger partial charge < -0.3 is 19.1 Å². The minimum atomic E-state index is -3.39. The number of hydrogen-bond donors (Lipinski definition) is 1. The average Bonchev–Trinajstić information content (AvgIpc) is 2.03. The zero-order chi connectivity index (χ0) is 11.0. The zero-order valence-corrected chi connectivity index (χ0v) is 10.00.